The molecule has 0 saturated carbocycles. The lowest BCUT2D eigenvalue weighted by atomic mass is 10.0. The van der Waals surface area contributed by atoms with Gasteiger partial charge in [0.2, 0.25) is 0 Å². The molecule has 2 amide bonds. The molecule has 0 radical (unpaired) electrons. The molecule has 2 aromatic carbocycles. The Morgan fingerprint density at radius 1 is 0.967 bits per heavy atom. The van der Waals surface area contributed by atoms with E-state index in [0.717, 1.165) is 16.7 Å². The van der Waals surface area contributed by atoms with Gasteiger partial charge in [-0.3, -0.25) is 9.59 Å². The Bertz CT molecular complexity index is 1060. The minimum absolute atomic E-state index is 0.117. The van der Waals surface area contributed by atoms with Crippen LogP contribution in [0, 0.1) is 20.8 Å². The average Bonchev–Trinajstić information content (AvgIpc) is 3.23. The number of aryl methyl sites for hydroxylation is 3. The van der Waals surface area contributed by atoms with Crippen LogP contribution < -0.4 is 10.6 Å². The molecule has 5 nitrogen and oxygen atoms in total. The molecule has 1 aromatic heterocycles. The maximum atomic E-state index is 13.0. The SMILES string of the molecule is Cc1ccc(C(=O)N/C(=C\c2ccco2)C(=O)NC(C)c2ccc(C)c(C)c2)cc1. The summed E-state index contributed by atoms with van der Waals surface area (Å²) in [6, 6.07) is 16.5. The number of furan rings is 1. The molecule has 1 atom stereocenters. The number of hydrogen-bond acceptors (Lipinski definition) is 3. The Labute approximate surface area is 176 Å². The molecule has 0 bridgehead atoms. The predicted octanol–water partition coefficient (Wildman–Crippen LogP) is 4.85. The third-order valence-electron chi connectivity index (χ3n) is 5.01. The zero-order valence-electron chi connectivity index (χ0n) is 17.7. The molecule has 3 rings (SSSR count). The van der Waals surface area contributed by atoms with Crippen LogP contribution in [0.3, 0.4) is 0 Å². The molecular weight excluding hydrogens is 376 g/mol. The van der Waals surface area contributed by atoms with Gasteiger partial charge in [0, 0.05) is 11.6 Å². The number of amides is 2. The number of carbonyl (C=O) groups is 2. The molecule has 1 unspecified atom stereocenters. The van der Waals surface area contributed by atoms with Crippen molar-refractivity contribution < 1.29 is 14.0 Å². The summed E-state index contributed by atoms with van der Waals surface area (Å²) in [6.07, 6.45) is 3.04. The first kappa shape index (κ1) is 21.1. The zero-order chi connectivity index (χ0) is 21.7. The van der Waals surface area contributed by atoms with Gasteiger partial charge in [-0.25, -0.2) is 0 Å². The second-order valence-corrected chi connectivity index (χ2v) is 7.43. The van der Waals surface area contributed by atoms with Gasteiger partial charge in [0.1, 0.15) is 11.5 Å². The summed E-state index contributed by atoms with van der Waals surface area (Å²) in [7, 11) is 0. The van der Waals surface area contributed by atoms with Crippen LogP contribution in [-0.4, -0.2) is 11.8 Å². The molecule has 0 saturated heterocycles. The summed E-state index contributed by atoms with van der Waals surface area (Å²) in [6.45, 7) is 7.95. The molecule has 3 aromatic rings. The van der Waals surface area contributed by atoms with E-state index in [0.29, 0.717) is 11.3 Å². The first-order chi connectivity index (χ1) is 14.3. The second-order valence-electron chi connectivity index (χ2n) is 7.43. The van der Waals surface area contributed by atoms with E-state index in [-0.39, 0.29) is 17.6 Å². The van der Waals surface area contributed by atoms with Gasteiger partial charge in [-0.2, -0.15) is 0 Å². The Balaban J connectivity index is 1.81. The van der Waals surface area contributed by atoms with Gasteiger partial charge in [-0.1, -0.05) is 35.9 Å². The molecule has 154 valence electrons. The molecule has 30 heavy (non-hydrogen) atoms. The van der Waals surface area contributed by atoms with Gasteiger partial charge in [0.15, 0.2) is 0 Å². The molecule has 0 spiro atoms. The standard InChI is InChI=1S/C25H26N2O3/c1-16-7-10-20(11-8-16)24(28)27-23(15-22-6-5-13-30-22)25(29)26-19(4)21-12-9-17(2)18(3)14-21/h5-15,19H,1-4H3,(H,26,29)(H,27,28)/b23-15-. The number of hydrogen-bond donors (Lipinski definition) is 2. The lowest BCUT2D eigenvalue weighted by Crippen LogP contribution is -2.36. The molecule has 0 aliphatic carbocycles. The lowest BCUT2D eigenvalue weighted by molar-refractivity contribution is -0.118. The van der Waals surface area contributed by atoms with Crippen molar-refractivity contribution >= 4 is 17.9 Å². The molecule has 2 N–H and O–H groups in total. The topological polar surface area (TPSA) is 71.3 Å². The highest BCUT2D eigenvalue weighted by atomic mass is 16.3. The molecule has 5 heteroatoms. The number of benzene rings is 2. The van der Waals surface area contributed by atoms with Crippen LogP contribution in [0.2, 0.25) is 0 Å². The predicted molar refractivity (Wildman–Crippen MR) is 118 cm³/mol. The minimum atomic E-state index is -0.391. The van der Waals surface area contributed by atoms with Crippen molar-refractivity contribution in [2.24, 2.45) is 0 Å². The Morgan fingerprint density at radius 2 is 1.70 bits per heavy atom. The van der Waals surface area contributed by atoms with Crippen molar-refractivity contribution in [3.05, 3.63) is 100 Å². The average molecular weight is 402 g/mol. The van der Waals surface area contributed by atoms with E-state index in [9.17, 15) is 9.59 Å². The smallest absolute Gasteiger partial charge is 0.268 e. The van der Waals surface area contributed by atoms with Crippen LogP contribution in [0.5, 0.6) is 0 Å². The number of nitrogens with one attached hydrogen (secondary N) is 2. The third kappa shape index (κ3) is 5.26. The van der Waals surface area contributed by atoms with Gasteiger partial charge in [0.05, 0.1) is 12.3 Å². The van der Waals surface area contributed by atoms with Crippen LogP contribution in [0.4, 0.5) is 0 Å². The van der Waals surface area contributed by atoms with Gasteiger partial charge < -0.3 is 15.1 Å². The second kappa shape index (κ2) is 9.27. The summed E-state index contributed by atoms with van der Waals surface area (Å²) < 4.78 is 5.33. The largest absolute Gasteiger partial charge is 0.465 e. The van der Waals surface area contributed by atoms with Crippen LogP contribution in [0.1, 0.15) is 51.3 Å². The van der Waals surface area contributed by atoms with Crippen LogP contribution >= 0.6 is 0 Å². The van der Waals surface area contributed by atoms with Gasteiger partial charge in [-0.15, -0.1) is 0 Å². The highest BCUT2D eigenvalue weighted by Crippen LogP contribution is 2.17. The van der Waals surface area contributed by atoms with E-state index in [1.165, 1.54) is 17.9 Å². The molecular formula is C25H26N2O3. The van der Waals surface area contributed by atoms with Crippen LogP contribution in [0.25, 0.3) is 6.08 Å². The zero-order valence-corrected chi connectivity index (χ0v) is 17.7. The quantitative estimate of drug-likeness (QED) is 0.579. The summed E-state index contributed by atoms with van der Waals surface area (Å²) in [4.78, 5) is 25.7. The van der Waals surface area contributed by atoms with Gasteiger partial charge in [0.25, 0.3) is 11.8 Å². The number of rotatable bonds is 6. The highest BCUT2D eigenvalue weighted by Gasteiger charge is 2.18. The molecule has 0 aliphatic rings. The molecule has 0 fully saturated rings. The summed E-state index contributed by atoms with van der Waals surface area (Å²) in [5.74, 6) is -0.275. The van der Waals surface area contributed by atoms with Crippen molar-refractivity contribution in [3.8, 4) is 0 Å². The lowest BCUT2D eigenvalue weighted by Gasteiger charge is -2.17. The van der Waals surface area contributed by atoms with Crippen molar-refractivity contribution in [1.29, 1.82) is 0 Å². The van der Waals surface area contributed by atoms with Crippen LogP contribution in [-0.2, 0) is 4.79 Å². The minimum Gasteiger partial charge on any atom is -0.465 e. The molecule has 1 heterocycles. The van der Waals surface area contributed by atoms with Crippen molar-refractivity contribution in [3.63, 3.8) is 0 Å². The third-order valence-corrected chi connectivity index (χ3v) is 5.01. The maximum absolute atomic E-state index is 13.0. The summed E-state index contributed by atoms with van der Waals surface area (Å²) >= 11 is 0. The Kier molecular flexibility index (Phi) is 6.52. The van der Waals surface area contributed by atoms with E-state index < -0.39 is 5.91 Å². The number of carbonyl (C=O) groups excluding carboxylic acids is 2. The fraction of sp³-hybridized carbons (Fsp3) is 0.200. The summed E-state index contributed by atoms with van der Waals surface area (Å²) in [5, 5.41) is 5.68. The Morgan fingerprint density at radius 3 is 2.33 bits per heavy atom. The highest BCUT2D eigenvalue weighted by molar-refractivity contribution is 6.05. The van der Waals surface area contributed by atoms with Gasteiger partial charge in [-0.05, 0) is 68.7 Å². The van der Waals surface area contributed by atoms with Crippen molar-refractivity contribution in [2.45, 2.75) is 33.7 Å². The normalized spacial score (nSPS) is 12.3. The van der Waals surface area contributed by atoms with E-state index in [4.69, 9.17) is 4.42 Å². The maximum Gasteiger partial charge on any atom is 0.268 e. The van der Waals surface area contributed by atoms with Gasteiger partial charge >= 0.3 is 0 Å². The van der Waals surface area contributed by atoms with Crippen molar-refractivity contribution in [2.75, 3.05) is 0 Å². The van der Waals surface area contributed by atoms with Crippen LogP contribution in [0.15, 0.2) is 71.0 Å². The first-order valence-corrected chi connectivity index (χ1v) is 9.84. The van der Waals surface area contributed by atoms with E-state index >= 15 is 0 Å². The Hall–Kier alpha value is -3.60. The monoisotopic (exact) mass is 402 g/mol. The van der Waals surface area contributed by atoms with E-state index in [1.807, 2.05) is 52.0 Å². The summed E-state index contributed by atoms with van der Waals surface area (Å²) in [5.41, 5.74) is 4.99. The molecule has 0 aliphatic heterocycles. The van der Waals surface area contributed by atoms with Crippen molar-refractivity contribution in [1.82, 2.24) is 10.6 Å². The fourth-order valence-electron chi connectivity index (χ4n) is 2.97. The van der Waals surface area contributed by atoms with E-state index in [2.05, 4.69) is 16.7 Å². The first-order valence-electron chi connectivity index (χ1n) is 9.84. The fourth-order valence-corrected chi connectivity index (χ4v) is 2.97. The van der Waals surface area contributed by atoms with E-state index in [1.54, 1.807) is 24.3 Å².